The van der Waals surface area contributed by atoms with Gasteiger partial charge in [0.15, 0.2) is 6.10 Å². The van der Waals surface area contributed by atoms with Crippen LogP contribution in [0.1, 0.15) is 36.5 Å². The first kappa shape index (κ1) is 32.0. The second kappa shape index (κ2) is 11.8. The molecule has 0 fully saturated rings. The van der Waals surface area contributed by atoms with E-state index in [4.69, 9.17) is 4.74 Å². The molecule has 0 bridgehead atoms. The van der Waals surface area contributed by atoms with Gasteiger partial charge in [0, 0.05) is 23.9 Å². The minimum atomic E-state index is -6.62. The van der Waals surface area contributed by atoms with E-state index in [0.29, 0.717) is 11.8 Å². The maximum absolute atomic E-state index is 14.7. The van der Waals surface area contributed by atoms with Crippen molar-refractivity contribution in [1.82, 2.24) is 0 Å². The summed E-state index contributed by atoms with van der Waals surface area (Å²) in [6.07, 6.45) is -14.8. The molecule has 224 valence electrons. The summed E-state index contributed by atoms with van der Waals surface area (Å²) in [6, 6.07) is 15.1. The number of ether oxygens (including phenoxy) is 1. The smallest absolute Gasteiger partial charge is 0.457 e. The van der Waals surface area contributed by atoms with E-state index in [1.165, 1.54) is 24.3 Å². The predicted molar refractivity (Wildman–Crippen MR) is 131 cm³/mol. The molecule has 0 saturated carbocycles. The zero-order valence-corrected chi connectivity index (χ0v) is 21.6. The highest BCUT2D eigenvalue weighted by Crippen LogP contribution is 2.52. The first-order valence-electron chi connectivity index (χ1n) is 12.1. The van der Waals surface area contributed by atoms with Crippen LogP contribution >= 0.6 is 0 Å². The summed E-state index contributed by atoms with van der Waals surface area (Å²) in [6.45, 7) is 1.63. The topological polar surface area (TPSA) is 32.7 Å². The Morgan fingerprint density at radius 3 is 1.93 bits per heavy atom. The van der Waals surface area contributed by atoms with Crippen LogP contribution in [0.5, 0.6) is 11.5 Å². The fourth-order valence-electron chi connectivity index (χ4n) is 3.91. The molecule has 0 aromatic heterocycles. The molecule has 0 aliphatic carbocycles. The van der Waals surface area contributed by atoms with E-state index in [-0.39, 0.29) is 17.4 Å². The van der Waals surface area contributed by atoms with E-state index in [2.05, 4.69) is 0 Å². The first-order chi connectivity index (χ1) is 18.8. The van der Waals surface area contributed by atoms with E-state index in [0.717, 1.165) is 28.7 Å². The van der Waals surface area contributed by atoms with E-state index in [1.807, 2.05) is 19.9 Å². The Balaban J connectivity index is 2.03. The molecular weight excluding hydrogens is 572 g/mol. The molecule has 3 aromatic carbocycles. The maximum atomic E-state index is 14.7. The van der Waals surface area contributed by atoms with Gasteiger partial charge in [-0.25, -0.2) is 0 Å². The van der Waals surface area contributed by atoms with Gasteiger partial charge in [-0.15, -0.1) is 0 Å². The third-order valence-electron chi connectivity index (χ3n) is 6.18. The maximum Gasteiger partial charge on any atom is 0.460 e. The average molecular weight is 597 g/mol. The molecule has 3 aromatic rings. The molecule has 0 amide bonds. The second-order valence-electron chi connectivity index (χ2n) is 9.57. The third kappa shape index (κ3) is 7.24. The summed E-state index contributed by atoms with van der Waals surface area (Å²) in [5, 5.41) is 9.73. The largest absolute Gasteiger partial charge is 0.460 e. The van der Waals surface area contributed by atoms with Gasteiger partial charge in [-0.05, 0) is 41.3 Å². The standard InChI is InChI=1S/C28H25F10NO2/c1-17(2)18-8-5-10-21(13-18)41-22-11-6-9-20(14-22)39(16-24(40)26(31,32)33)15-19-7-3-4-12-23(19)25(29,30)27(34,35)28(36,37)38/h3-14,17,24,40H,15-16H2,1-2H3/t24-/m1/s1. The minimum Gasteiger partial charge on any atom is -0.457 e. The highest BCUT2D eigenvalue weighted by Gasteiger charge is 2.73. The summed E-state index contributed by atoms with van der Waals surface area (Å²) >= 11 is 0. The third-order valence-corrected chi connectivity index (χ3v) is 6.18. The van der Waals surface area contributed by atoms with Gasteiger partial charge in [0.25, 0.3) is 0 Å². The van der Waals surface area contributed by atoms with Crippen molar-refractivity contribution in [2.75, 3.05) is 11.4 Å². The van der Waals surface area contributed by atoms with Crippen LogP contribution in [0.3, 0.4) is 0 Å². The van der Waals surface area contributed by atoms with Crippen LogP contribution in [-0.2, 0) is 12.5 Å². The SMILES string of the molecule is CC(C)c1cccc(Oc2cccc(N(Cc3ccccc3C(F)(F)C(F)(F)C(F)(F)F)C[C@@H](O)C(F)(F)F)c2)c1. The fourth-order valence-corrected chi connectivity index (χ4v) is 3.91. The van der Waals surface area contributed by atoms with E-state index in [1.54, 1.807) is 18.2 Å². The highest BCUT2D eigenvalue weighted by atomic mass is 19.4. The Hall–Kier alpha value is -3.48. The lowest BCUT2D eigenvalue weighted by Gasteiger charge is -2.32. The molecular formula is C28H25F10NO2. The van der Waals surface area contributed by atoms with E-state index < -0.39 is 54.5 Å². The van der Waals surface area contributed by atoms with Gasteiger partial charge in [-0.3, -0.25) is 0 Å². The second-order valence-corrected chi connectivity index (χ2v) is 9.57. The normalized spacial score (nSPS) is 13.8. The Morgan fingerprint density at radius 1 is 0.756 bits per heavy atom. The van der Waals surface area contributed by atoms with Crippen LogP contribution < -0.4 is 9.64 Å². The molecule has 1 atom stereocenters. The quantitative estimate of drug-likeness (QED) is 0.237. The number of alkyl halides is 10. The van der Waals surface area contributed by atoms with Crippen LogP contribution in [0.15, 0.2) is 72.8 Å². The van der Waals surface area contributed by atoms with Crippen molar-refractivity contribution in [3.8, 4) is 11.5 Å². The lowest BCUT2D eigenvalue weighted by atomic mass is 9.96. The van der Waals surface area contributed by atoms with Gasteiger partial charge in [-0.2, -0.15) is 43.9 Å². The van der Waals surface area contributed by atoms with Crippen LogP contribution in [0.25, 0.3) is 0 Å². The molecule has 13 heteroatoms. The Morgan fingerprint density at radius 2 is 1.34 bits per heavy atom. The number of hydrogen-bond donors (Lipinski definition) is 1. The predicted octanol–water partition coefficient (Wildman–Crippen LogP) is 8.82. The van der Waals surface area contributed by atoms with Gasteiger partial charge >= 0.3 is 24.2 Å². The highest BCUT2D eigenvalue weighted by molar-refractivity contribution is 5.53. The van der Waals surface area contributed by atoms with E-state index in [9.17, 15) is 49.0 Å². The molecule has 0 spiro atoms. The minimum absolute atomic E-state index is 0.0946. The number of anilines is 1. The van der Waals surface area contributed by atoms with Gasteiger partial charge < -0.3 is 14.7 Å². The number of benzene rings is 3. The number of halogens is 10. The van der Waals surface area contributed by atoms with Gasteiger partial charge in [0.05, 0.1) is 6.54 Å². The lowest BCUT2D eigenvalue weighted by molar-refractivity contribution is -0.359. The fraction of sp³-hybridized carbons (Fsp3) is 0.357. The van der Waals surface area contributed by atoms with Gasteiger partial charge in [0.2, 0.25) is 0 Å². The Labute approximate surface area is 229 Å². The van der Waals surface area contributed by atoms with Crippen LogP contribution in [0, 0.1) is 0 Å². The lowest BCUT2D eigenvalue weighted by Crippen LogP contribution is -2.50. The van der Waals surface area contributed by atoms with Gasteiger partial charge in [0.1, 0.15) is 11.5 Å². The van der Waals surface area contributed by atoms with Crippen LogP contribution in [-0.4, -0.2) is 36.0 Å². The molecule has 3 nitrogen and oxygen atoms in total. The number of aliphatic hydroxyl groups is 1. The number of aliphatic hydroxyl groups excluding tert-OH is 1. The molecule has 0 saturated heterocycles. The van der Waals surface area contributed by atoms with Crippen molar-refractivity contribution in [2.24, 2.45) is 0 Å². The summed E-state index contributed by atoms with van der Waals surface area (Å²) in [7, 11) is 0. The zero-order chi connectivity index (χ0) is 30.8. The van der Waals surface area contributed by atoms with Crippen molar-refractivity contribution in [3.05, 3.63) is 89.5 Å². The average Bonchev–Trinajstić information content (AvgIpc) is 2.87. The van der Waals surface area contributed by atoms with E-state index >= 15 is 0 Å². The molecule has 0 heterocycles. The Bertz CT molecular complexity index is 1320. The molecule has 0 aliphatic rings. The van der Waals surface area contributed by atoms with Crippen molar-refractivity contribution < 1.29 is 53.7 Å². The monoisotopic (exact) mass is 597 g/mol. The van der Waals surface area contributed by atoms with Crippen LogP contribution in [0.2, 0.25) is 0 Å². The summed E-state index contributed by atoms with van der Waals surface area (Å²) in [4.78, 5) is 0.732. The molecule has 0 radical (unpaired) electrons. The van der Waals surface area contributed by atoms with Crippen LogP contribution in [0.4, 0.5) is 49.6 Å². The molecule has 1 N–H and O–H groups in total. The summed E-state index contributed by atoms with van der Waals surface area (Å²) in [5.74, 6) is -11.6. The molecule has 3 rings (SSSR count). The molecule has 0 aliphatic heterocycles. The number of nitrogens with zero attached hydrogens (tertiary/aromatic N) is 1. The zero-order valence-electron chi connectivity index (χ0n) is 21.6. The molecule has 0 unspecified atom stereocenters. The molecule has 41 heavy (non-hydrogen) atoms. The van der Waals surface area contributed by atoms with Crippen molar-refractivity contribution in [2.45, 2.75) is 56.6 Å². The van der Waals surface area contributed by atoms with Gasteiger partial charge in [-0.1, -0.05) is 56.3 Å². The first-order valence-corrected chi connectivity index (χ1v) is 12.1. The summed E-state index contributed by atoms with van der Waals surface area (Å²) < 4.78 is 141. The Kier molecular flexibility index (Phi) is 9.21. The summed E-state index contributed by atoms with van der Waals surface area (Å²) in [5.41, 5.74) is -1.74. The van der Waals surface area contributed by atoms with Crippen molar-refractivity contribution >= 4 is 5.69 Å². The number of hydrogen-bond acceptors (Lipinski definition) is 3. The van der Waals surface area contributed by atoms with Crippen molar-refractivity contribution in [1.29, 1.82) is 0 Å². The number of rotatable bonds is 10. The van der Waals surface area contributed by atoms with Crippen molar-refractivity contribution in [3.63, 3.8) is 0 Å².